The van der Waals surface area contributed by atoms with Gasteiger partial charge in [0.2, 0.25) is 0 Å². The molecule has 0 spiro atoms. The molecule has 2 aromatic rings. The van der Waals surface area contributed by atoms with Crippen LogP contribution in [0, 0.1) is 0 Å². The molecule has 0 fully saturated rings. The van der Waals surface area contributed by atoms with Crippen LogP contribution in [0.1, 0.15) is 18.8 Å². The number of halogens is 1. The highest BCUT2D eigenvalue weighted by Crippen LogP contribution is 2.26. The number of sulfonamides is 1. The van der Waals surface area contributed by atoms with Gasteiger partial charge in [0.05, 0.1) is 10.4 Å². The highest BCUT2D eigenvalue weighted by molar-refractivity contribution is 7.91. The summed E-state index contributed by atoms with van der Waals surface area (Å²) in [6.07, 6.45) is 3.21. The number of hydrogen-bond acceptors (Lipinski definition) is 4. The van der Waals surface area contributed by atoms with E-state index < -0.39 is 16.1 Å². The smallest absolute Gasteiger partial charge is 0.250 e. The number of rotatable bonds is 4. The summed E-state index contributed by atoms with van der Waals surface area (Å²) in [4.78, 5) is 6.85. The van der Waals surface area contributed by atoms with Gasteiger partial charge in [0, 0.05) is 12.4 Å². The third kappa shape index (κ3) is 2.86. The lowest BCUT2D eigenvalue weighted by Gasteiger charge is -2.10. The number of thiophene rings is 1. The predicted octanol–water partition coefficient (Wildman–Crippen LogP) is 2.16. The number of hydrogen-bond donors (Lipinski definition) is 2. The standard InChI is InChI=1S/C9H10ClN3O2S2/c1-6(9-11-4-5-12-9)13-17(14,15)8-3-2-7(10)16-8/h2-6,13H,1H3,(H,11,12). The summed E-state index contributed by atoms with van der Waals surface area (Å²) in [5, 5.41) is 0. The zero-order valence-electron chi connectivity index (χ0n) is 8.84. The molecule has 92 valence electrons. The number of aromatic nitrogens is 2. The van der Waals surface area contributed by atoms with Crippen molar-refractivity contribution in [1.29, 1.82) is 0 Å². The molecule has 0 bridgehead atoms. The van der Waals surface area contributed by atoms with Crippen molar-refractivity contribution in [3.8, 4) is 0 Å². The lowest BCUT2D eigenvalue weighted by atomic mass is 10.3. The first-order valence-electron chi connectivity index (χ1n) is 4.76. The number of nitrogens with one attached hydrogen (secondary N) is 2. The van der Waals surface area contributed by atoms with Gasteiger partial charge in [-0.05, 0) is 19.1 Å². The van der Waals surface area contributed by atoms with Gasteiger partial charge in [-0.1, -0.05) is 11.6 Å². The maximum Gasteiger partial charge on any atom is 0.250 e. The number of H-pyrrole nitrogens is 1. The van der Waals surface area contributed by atoms with E-state index in [1.54, 1.807) is 25.4 Å². The van der Waals surface area contributed by atoms with Crippen LogP contribution in [-0.4, -0.2) is 18.4 Å². The Morgan fingerprint density at radius 3 is 2.82 bits per heavy atom. The minimum atomic E-state index is -3.54. The van der Waals surface area contributed by atoms with E-state index in [0.29, 0.717) is 10.2 Å². The molecule has 5 nitrogen and oxygen atoms in total. The fourth-order valence-corrected chi connectivity index (χ4v) is 4.01. The Labute approximate surface area is 108 Å². The molecule has 0 radical (unpaired) electrons. The van der Waals surface area contributed by atoms with Gasteiger partial charge in [-0.3, -0.25) is 0 Å². The third-order valence-electron chi connectivity index (χ3n) is 2.07. The fraction of sp³-hybridized carbons (Fsp3) is 0.222. The van der Waals surface area contributed by atoms with Crippen LogP contribution in [0.25, 0.3) is 0 Å². The lowest BCUT2D eigenvalue weighted by molar-refractivity contribution is 0.563. The van der Waals surface area contributed by atoms with Crippen molar-refractivity contribution in [2.45, 2.75) is 17.2 Å². The Morgan fingerprint density at radius 2 is 2.29 bits per heavy atom. The monoisotopic (exact) mass is 291 g/mol. The van der Waals surface area contributed by atoms with E-state index in [2.05, 4.69) is 14.7 Å². The van der Waals surface area contributed by atoms with Gasteiger partial charge < -0.3 is 4.98 Å². The van der Waals surface area contributed by atoms with Crippen molar-refractivity contribution < 1.29 is 8.42 Å². The Bertz CT molecular complexity index is 592. The second-order valence-corrected chi connectivity index (χ2v) is 7.03. The van der Waals surface area contributed by atoms with Crippen LogP contribution in [0.15, 0.2) is 28.7 Å². The van der Waals surface area contributed by atoms with Crippen molar-refractivity contribution in [2.75, 3.05) is 0 Å². The number of aromatic amines is 1. The summed E-state index contributed by atoms with van der Waals surface area (Å²) in [7, 11) is -3.54. The van der Waals surface area contributed by atoms with Crippen LogP contribution in [-0.2, 0) is 10.0 Å². The first-order valence-corrected chi connectivity index (χ1v) is 7.44. The molecule has 17 heavy (non-hydrogen) atoms. The molecule has 2 heterocycles. The quantitative estimate of drug-likeness (QED) is 0.906. The van der Waals surface area contributed by atoms with Crippen molar-refractivity contribution in [2.24, 2.45) is 0 Å². The summed E-state index contributed by atoms with van der Waals surface area (Å²) < 4.78 is 27.1. The average Bonchev–Trinajstić information content (AvgIpc) is 2.86. The topological polar surface area (TPSA) is 74.8 Å². The van der Waals surface area contributed by atoms with Crippen LogP contribution in [0.2, 0.25) is 4.34 Å². The Kier molecular flexibility index (Phi) is 3.53. The van der Waals surface area contributed by atoms with E-state index in [4.69, 9.17) is 11.6 Å². The first-order chi connectivity index (χ1) is 7.99. The van der Waals surface area contributed by atoms with E-state index in [1.165, 1.54) is 6.07 Å². The zero-order chi connectivity index (χ0) is 12.5. The largest absolute Gasteiger partial charge is 0.347 e. The molecule has 0 aliphatic carbocycles. The normalized spacial score (nSPS) is 13.8. The average molecular weight is 292 g/mol. The van der Waals surface area contributed by atoms with E-state index in [1.807, 2.05) is 0 Å². The minimum Gasteiger partial charge on any atom is -0.347 e. The lowest BCUT2D eigenvalue weighted by Crippen LogP contribution is -2.26. The minimum absolute atomic E-state index is 0.195. The molecule has 0 saturated heterocycles. The van der Waals surface area contributed by atoms with Gasteiger partial charge in [-0.2, -0.15) is 0 Å². The van der Waals surface area contributed by atoms with Gasteiger partial charge in [0.1, 0.15) is 10.0 Å². The molecule has 0 aliphatic heterocycles. The summed E-state index contributed by atoms with van der Waals surface area (Å²) in [6, 6.07) is 2.61. The van der Waals surface area contributed by atoms with E-state index >= 15 is 0 Å². The number of nitrogens with zero attached hydrogens (tertiary/aromatic N) is 1. The Balaban J connectivity index is 2.18. The molecule has 8 heteroatoms. The molecule has 1 atom stereocenters. The van der Waals surface area contributed by atoms with E-state index in [0.717, 1.165) is 11.3 Å². The molecule has 0 aliphatic rings. The summed E-state index contributed by atoms with van der Waals surface area (Å²) >= 11 is 6.73. The van der Waals surface area contributed by atoms with Gasteiger partial charge in [-0.15, -0.1) is 11.3 Å². The second-order valence-electron chi connectivity index (χ2n) is 3.38. The first kappa shape index (κ1) is 12.6. The van der Waals surface area contributed by atoms with Crippen LogP contribution in [0.3, 0.4) is 0 Å². The molecule has 2 aromatic heterocycles. The fourth-order valence-electron chi connectivity index (χ4n) is 1.30. The van der Waals surface area contributed by atoms with Crippen LogP contribution >= 0.6 is 22.9 Å². The molecule has 0 aromatic carbocycles. The highest BCUT2D eigenvalue weighted by Gasteiger charge is 2.21. The maximum atomic E-state index is 12.0. The molecule has 0 saturated carbocycles. The summed E-state index contributed by atoms with van der Waals surface area (Å²) in [5.41, 5.74) is 0. The summed E-state index contributed by atoms with van der Waals surface area (Å²) in [5.74, 6) is 0.566. The molecule has 2 N–H and O–H groups in total. The number of imidazole rings is 1. The predicted molar refractivity (Wildman–Crippen MR) is 66.7 cm³/mol. The van der Waals surface area contributed by atoms with Crippen molar-refractivity contribution in [1.82, 2.24) is 14.7 Å². The molecule has 0 amide bonds. The Hall–Kier alpha value is -0.890. The molecule has 1 unspecified atom stereocenters. The highest BCUT2D eigenvalue weighted by atomic mass is 35.5. The van der Waals surface area contributed by atoms with Crippen LogP contribution in [0.5, 0.6) is 0 Å². The van der Waals surface area contributed by atoms with Crippen LogP contribution in [0.4, 0.5) is 0 Å². The Morgan fingerprint density at radius 1 is 1.53 bits per heavy atom. The third-order valence-corrected chi connectivity index (χ3v) is 5.34. The zero-order valence-corrected chi connectivity index (χ0v) is 11.2. The second kappa shape index (κ2) is 4.77. The van der Waals surface area contributed by atoms with Gasteiger partial charge in [0.25, 0.3) is 10.0 Å². The van der Waals surface area contributed by atoms with Gasteiger partial charge in [0.15, 0.2) is 0 Å². The van der Waals surface area contributed by atoms with Crippen molar-refractivity contribution in [3.63, 3.8) is 0 Å². The van der Waals surface area contributed by atoms with E-state index in [9.17, 15) is 8.42 Å². The van der Waals surface area contributed by atoms with Crippen LogP contribution < -0.4 is 4.72 Å². The van der Waals surface area contributed by atoms with Gasteiger partial charge in [-0.25, -0.2) is 18.1 Å². The molecular formula is C9H10ClN3O2S2. The van der Waals surface area contributed by atoms with E-state index in [-0.39, 0.29) is 4.21 Å². The maximum absolute atomic E-state index is 12.0. The van der Waals surface area contributed by atoms with Gasteiger partial charge >= 0.3 is 0 Å². The van der Waals surface area contributed by atoms with Crippen molar-refractivity contribution in [3.05, 3.63) is 34.7 Å². The molecular weight excluding hydrogens is 282 g/mol. The van der Waals surface area contributed by atoms with Crippen molar-refractivity contribution >= 4 is 33.0 Å². The SMILES string of the molecule is CC(NS(=O)(=O)c1ccc(Cl)s1)c1ncc[nH]1. The summed E-state index contributed by atoms with van der Waals surface area (Å²) in [6.45, 7) is 1.71. The molecule has 2 rings (SSSR count).